The standard InChI is InChI=1S/C15H19N3/c1-11-14(18-10-17-11)9-16-15(13-7-8-13)12-5-3-2-4-6-12/h2-6,10,13,15-16H,7-9H2,1H3,(H,17,18). The zero-order valence-electron chi connectivity index (χ0n) is 10.7. The molecular formula is C15H19N3. The molecule has 1 atom stereocenters. The van der Waals surface area contributed by atoms with Crippen LogP contribution in [0.2, 0.25) is 0 Å². The lowest BCUT2D eigenvalue weighted by molar-refractivity contribution is 0.476. The van der Waals surface area contributed by atoms with E-state index in [2.05, 4.69) is 52.5 Å². The zero-order valence-corrected chi connectivity index (χ0v) is 10.7. The SMILES string of the molecule is Cc1[nH]cnc1CNC(c1ccccc1)C1CC1. The first-order valence-corrected chi connectivity index (χ1v) is 6.62. The largest absolute Gasteiger partial charge is 0.348 e. The van der Waals surface area contributed by atoms with Crippen molar-refractivity contribution in [1.82, 2.24) is 15.3 Å². The summed E-state index contributed by atoms with van der Waals surface area (Å²) in [6, 6.07) is 11.2. The van der Waals surface area contributed by atoms with E-state index in [1.54, 1.807) is 6.33 Å². The number of rotatable bonds is 5. The van der Waals surface area contributed by atoms with Gasteiger partial charge in [0.25, 0.3) is 0 Å². The van der Waals surface area contributed by atoms with Crippen LogP contribution in [0.1, 0.15) is 35.8 Å². The number of nitrogens with zero attached hydrogens (tertiary/aromatic N) is 1. The summed E-state index contributed by atoms with van der Waals surface area (Å²) in [6.07, 6.45) is 4.44. The second-order valence-electron chi connectivity index (χ2n) is 5.08. The molecule has 0 amide bonds. The first kappa shape index (κ1) is 11.5. The molecule has 3 nitrogen and oxygen atoms in total. The van der Waals surface area contributed by atoms with E-state index in [0.717, 1.165) is 23.9 Å². The molecule has 3 rings (SSSR count). The van der Waals surface area contributed by atoms with E-state index in [1.165, 1.54) is 18.4 Å². The van der Waals surface area contributed by atoms with Crippen molar-refractivity contribution < 1.29 is 0 Å². The Morgan fingerprint density at radius 3 is 2.72 bits per heavy atom. The van der Waals surface area contributed by atoms with E-state index in [1.807, 2.05) is 0 Å². The topological polar surface area (TPSA) is 40.7 Å². The summed E-state index contributed by atoms with van der Waals surface area (Å²) in [4.78, 5) is 7.47. The number of aryl methyl sites for hydroxylation is 1. The van der Waals surface area contributed by atoms with Gasteiger partial charge in [-0.25, -0.2) is 4.98 Å². The number of H-pyrrole nitrogens is 1. The number of aromatic nitrogens is 2. The number of nitrogens with one attached hydrogen (secondary N) is 2. The van der Waals surface area contributed by atoms with Crippen LogP contribution in [0, 0.1) is 12.8 Å². The fraction of sp³-hybridized carbons (Fsp3) is 0.400. The third-order valence-corrected chi connectivity index (χ3v) is 3.68. The van der Waals surface area contributed by atoms with E-state index in [9.17, 15) is 0 Å². The van der Waals surface area contributed by atoms with Gasteiger partial charge >= 0.3 is 0 Å². The molecule has 94 valence electrons. The van der Waals surface area contributed by atoms with E-state index < -0.39 is 0 Å². The quantitative estimate of drug-likeness (QED) is 0.845. The van der Waals surface area contributed by atoms with Gasteiger partial charge in [-0.05, 0) is 31.2 Å². The average molecular weight is 241 g/mol. The maximum Gasteiger partial charge on any atom is 0.0925 e. The van der Waals surface area contributed by atoms with E-state index in [0.29, 0.717) is 6.04 Å². The van der Waals surface area contributed by atoms with Crippen LogP contribution in [0.5, 0.6) is 0 Å². The van der Waals surface area contributed by atoms with Gasteiger partial charge in [-0.1, -0.05) is 30.3 Å². The van der Waals surface area contributed by atoms with Crippen molar-refractivity contribution in [2.75, 3.05) is 0 Å². The van der Waals surface area contributed by atoms with Crippen LogP contribution < -0.4 is 5.32 Å². The molecule has 1 aromatic carbocycles. The molecule has 0 saturated heterocycles. The molecule has 1 unspecified atom stereocenters. The van der Waals surface area contributed by atoms with Gasteiger partial charge in [0.2, 0.25) is 0 Å². The van der Waals surface area contributed by atoms with Crippen LogP contribution in [0.3, 0.4) is 0 Å². The van der Waals surface area contributed by atoms with Crippen molar-refractivity contribution in [2.45, 2.75) is 32.4 Å². The fourth-order valence-electron chi connectivity index (χ4n) is 2.42. The number of hydrogen-bond acceptors (Lipinski definition) is 2. The third-order valence-electron chi connectivity index (χ3n) is 3.68. The summed E-state index contributed by atoms with van der Waals surface area (Å²) in [5.74, 6) is 0.798. The van der Waals surface area contributed by atoms with Crippen LogP contribution in [-0.4, -0.2) is 9.97 Å². The third kappa shape index (κ3) is 2.46. The summed E-state index contributed by atoms with van der Waals surface area (Å²) in [7, 11) is 0. The van der Waals surface area contributed by atoms with E-state index in [-0.39, 0.29) is 0 Å². The Morgan fingerprint density at radius 1 is 1.33 bits per heavy atom. The molecule has 18 heavy (non-hydrogen) atoms. The van der Waals surface area contributed by atoms with Gasteiger partial charge in [-0.3, -0.25) is 0 Å². The lowest BCUT2D eigenvalue weighted by Gasteiger charge is -2.18. The highest BCUT2D eigenvalue weighted by Crippen LogP contribution is 2.41. The number of aromatic amines is 1. The maximum absolute atomic E-state index is 4.34. The molecule has 2 N–H and O–H groups in total. The highest BCUT2D eigenvalue weighted by Gasteiger charge is 2.31. The summed E-state index contributed by atoms with van der Waals surface area (Å²) >= 11 is 0. The van der Waals surface area contributed by atoms with Crippen molar-refractivity contribution in [3.8, 4) is 0 Å². The van der Waals surface area contributed by atoms with Crippen molar-refractivity contribution in [2.24, 2.45) is 5.92 Å². The average Bonchev–Trinajstić information content (AvgIpc) is 3.15. The Kier molecular flexibility index (Phi) is 3.15. The smallest absolute Gasteiger partial charge is 0.0925 e. The molecule has 3 heteroatoms. The van der Waals surface area contributed by atoms with Crippen LogP contribution in [-0.2, 0) is 6.54 Å². The van der Waals surface area contributed by atoms with Crippen LogP contribution in [0.4, 0.5) is 0 Å². The van der Waals surface area contributed by atoms with Crippen molar-refractivity contribution in [3.63, 3.8) is 0 Å². The zero-order chi connectivity index (χ0) is 12.4. The molecule has 0 aliphatic heterocycles. The molecule has 1 saturated carbocycles. The highest BCUT2D eigenvalue weighted by atomic mass is 15.0. The lowest BCUT2D eigenvalue weighted by Crippen LogP contribution is -2.23. The predicted molar refractivity (Wildman–Crippen MR) is 72.1 cm³/mol. The highest BCUT2D eigenvalue weighted by molar-refractivity contribution is 5.21. The van der Waals surface area contributed by atoms with Gasteiger partial charge in [0.15, 0.2) is 0 Å². The number of hydrogen-bond donors (Lipinski definition) is 2. The summed E-state index contributed by atoms with van der Waals surface area (Å²) < 4.78 is 0. The van der Waals surface area contributed by atoms with Gasteiger partial charge in [-0.15, -0.1) is 0 Å². The van der Waals surface area contributed by atoms with Gasteiger partial charge < -0.3 is 10.3 Å². The minimum absolute atomic E-state index is 0.474. The van der Waals surface area contributed by atoms with E-state index in [4.69, 9.17) is 0 Å². The monoisotopic (exact) mass is 241 g/mol. The van der Waals surface area contributed by atoms with Gasteiger partial charge in [0.1, 0.15) is 0 Å². The number of imidazole rings is 1. The van der Waals surface area contributed by atoms with Crippen molar-refractivity contribution in [1.29, 1.82) is 0 Å². The summed E-state index contributed by atoms with van der Waals surface area (Å²) in [5.41, 5.74) is 3.68. The summed E-state index contributed by atoms with van der Waals surface area (Å²) in [6.45, 7) is 2.91. The minimum atomic E-state index is 0.474. The predicted octanol–water partition coefficient (Wildman–Crippen LogP) is 2.96. The summed E-state index contributed by atoms with van der Waals surface area (Å²) in [5, 5.41) is 3.66. The lowest BCUT2D eigenvalue weighted by atomic mass is 10.0. The van der Waals surface area contributed by atoms with Crippen molar-refractivity contribution >= 4 is 0 Å². The molecule has 2 aromatic rings. The second-order valence-corrected chi connectivity index (χ2v) is 5.08. The van der Waals surface area contributed by atoms with Gasteiger partial charge in [-0.2, -0.15) is 0 Å². The molecule has 0 radical (unpaired) electrons. The maximum atomic E-state index is 4.34. The van der Waals surface area contributed by atoms with Crippen molar-refractivity contribution in [3.05, 3.63) is 53.6 Å². The molecule has 1 aromatic heterocycles. The van der Waals surface area contributed by atoms with Crippen LogP contribution >= 0.6 is 0 Å². The molecule has 0 bridgehead atoms. The molecule has 1 fully saturated rings. The molecule has 1 aliphatic carbocycles. The Hall–Kier alpha value is -1.61. The Balaban J connectivity index is 1.70. The minimum Gasteiger partial charge on any atom is -0.348 e. The normalized spacial score (nSPS) is 16.7. The molecule has 1 heterocycles. The van der Waals surface area contributed by atoms with Gasteiger partial charge in [0, 0.05) is 18.3 Å². The van der Waals surface area contributed by atoms with Crippen LogP contribution in [0.15, 0.2) is 36.7 Å². The van der Waals surface area contributed by atoms with E-state index >= 15 is 0 Å². The Bertz CT molecular complexity index is 499. The number of benzene rings is 1. The van der Waals surface area contributed by atoms with Crippen LogP contribution in [0.25, 0.3) is 0 Å². The first-order valence-electron chi connectivity index (χ1n) is 6.62. The Morgan fingerprint density at radius 2 is 2.11 bits per heavy atom. The molecule has 0 spiro atoms. The Labute approximate surface area is 108 Å². The fourth-order valence-corrected chi connectivity index (χ4v) is 2.42. The second kappa shape index (κ2) is 4.94. The van der Waals surface area contributed by atoms with Gasteiger partial charge in [0.05, 0.1) is 12.0 Å². The molecular weight excluding hydrogens is 222 g/mol. The molecule has 1 aliphatic rings. The first-order chi connectivity index (χ1) is 8.84.